The van der Waals surface area contributed by atoms with E-state index in [1.54, 1.807) is 23.0 Å². The van der Waals surface area contributed by atoms with Crippen molar-refractivity contribution < 1.29 is 28.9 Å². The van der Waals surface area contributed by atoms with Gasteiger partial charge in [0.2, 0.25) is 0 Å². The van der Waals surface area contributed by atoms with Crippen molar-refractivity contribution in [3.8, 4) is 11.5 Å². The Labute approximate surface area is 286 Å². The summed E-state index contributed by atoms with van der Waals surface area (Å²) in [5, 5.41) is 12.0. The normalized spacial score (nSPS) is 23.3. The second kappa shape index (κ2) is 12.4. The summed E-state index contributed by atoms with van der Waals surface area (Å²) in [6, 6.07) is 28.9. The van der Waals surface area contributed by atoms with Gasteiger partial charge in [-0.1, -0.05) is 73.2 Å². The first kappa shape index (κ1) is 32.4. The molecule has 0 radical (unpaired) electrons. The Morgan fingerprint density at radius 1 is 0.979 bits per heavy atom. The Balaban J connectivity index is 1.26. The SMILES string of the molecule is COc1ccc([Si](C)(C)[C@H]2[C@H](CCO)O[C@@]3(C(=O)N(Cc4cccc(N5C(=O)COc6ccccc65)c4)c4ccc(Cl)cc43)[C@@H]2C)cc1. The fraction of sp³-hybridized carbons (Fsp3) is 0.316. The number of hydrogen-bond acceptors (Lipinski definition) is 6. The van der Waals surface area contributed by atoms with Crippen molar-refractivity contribution in [2.24, 2.45) is 5.92 Å². The largest absolute Gasteiger partial charge is 0.497 e. The molecule has 3 aliphatic heterocycles. The summed E-state index contributed by atoms with van der Waals surface area (Å²) < 4.78 is 18.1. The first-order chi connectivity index (χ1) is 23.1. The second-order valence-electron chi connectivity index (χ2n) is 13.4. The molecule has 0 saturated carbocycles. The molecule has 4 aromatic rings. The van der Waals surface area contributed by atoms with Crippen molar-refractivity contribution in [3.05, 3.63) is 107 Å². The number of carbonyl (C=O) groups excluding carboxylic acids is 2. The summed E-state index contributed by atoms with van der Waals surface area (Å²) in [6.45, 7) is 6.92. The van der Waals surface area contributed by atoms with Gasteiger partial charge in [0, 0.05) is 28.8 Å². The zero-order valence-corrected chi connectivity index (χ0v) is 29.2. The zero-order valence-electron chi connectivity index (χ0n) is 27.5. The highest BCUT2D eigenvalue weighted by Gasteiger charge is 2.66. The average molecular weight is 683 g/mol. The molecule has 2 amide bonds. The highest BCUT2D eigenvalue weighted by atomic mass is 35.5. The van der Waals surface area contributed by atoms with Gasteiger partial charge in [-0.3, -0.25) is 14.5 Å². The maximum absolute atomic E-state index is 15.0. The lowest BCUT2D eigenvalue weighted by molar-refractivity contribution is -0.146. The Hall–Kier alpha value is -4.15. The minimum absolute atomic E-state index is 0.0181. The summed E-state index contributed by atoms with van der Waals surface area (Å²) >= 11 is 6.62. The van der Waals surface area contributed by atoms with Crippen molar-refractivity contribution in [2.75, 3.05) is 30.1 Å². The number of benzene rings is 4. The van der Waals surface area contributed by atoms with Crippen LogP contribution in [-0.4, -0.2) is 51.4 Å². The first-order valence-electron chi connectivity index (χ1n) is 16.3. The average Bonchev–Trinajstić information content (AvgIpc) is 3.51. The quantitative estimate of drug-likeness (QED) is 0.212. The van der Waals surface area contributed by atoms with Crippen molar-refractivity contribution in [1.29, 1.82) is 0 Å². The van der Waals surface area contributed by atoms with Crippen molar-refractivity contribution in [2.45, 2.75) is 50.2 Å². The number of nitrogens with zero attached hydrogens (tertiary/aromatic N) is 2. The van der Waals surface area contributed by atoms with Crippen molar-refractivity contribution in [3.63, 3.8) is 0 Å². The molecule has 1 fully saturated rings. The Morgan fingerprint density at radius 3 is 2.50 bits per heavy atom. The van der Waals surface area contributed by atoms with E-state index in [1.165, 1.54) is 5.19 Å². The van der Waals surface area contributed by atoms with E-state index >= 15 is 0 Å². The predicted molar refractivity (Wildman–Crippen MR) is 189 cm³/mol. The van der Waals surface area contributed by atoms with Crippen LogP contribution in [0.4, 0.5) is 17.1 Å². The molecule has 1 saturated heterocycles. The third-order valence-electron chi connectivity index (χ3n) is 10.4. The fourth-order valence-electron chi connectivity index (χ4n) is 8.20. The third kappa shape index (κ3) is 5.11. The lowest BCUT2D eigenvalue weighted by Gasteiger charge is -2.37. The molecular weight excluding hydrogens is 644 g/mol. The van der Waals surface area contributed by atoms with Crippen molar-refractivity contribution in [1.82, 2.24) is 0 Å². The molecule has 8 nitrogen and oxygen atoms in total. The maximum Gasteiger partial charge on any atom is 0.269 e. The number of amides is 2. The van der Waals surface area contributed by atoms with E-state index in [1.807, 2.05) is 72.8 Å². The highest BCUT2D eigenvalue weighted by Crippen LogP contribution is 2.60. The molecule has 0 bridgehead atoms. The number of aliphatic hydroxyl groups excluding tert-OH is 1. The van der Waals surface area contributed by atoms with Crippen LogP contribution in [0.25, 0.3) is 0 Å². The topological polar surface area (TPSA) is 88.5 Å². The number of halogens is 1. The number of rotatable bonds is 8. The van der Waals surface area contributed by atoms with Crippen LogP contribution in [0.5, 0.6) is 11.5 Å². The van der Waals surface area contributed by atoms with E-state index in [2.05, 4.69) is 32.2 Å². The summed E-state index contributed by atoms with van der Waals surface area (Å²) in [5.41, 5.74) is 2.50. The number of methoxy groups -OCH3 is 1. The van der Waals surface area contributed by atoms with Gasteiger partial charge in [-0.2, -0.15) is 0 Å². The van der Waals surface area contributed by atoms with Gasteiger partial charge in [0.25, 0.3) is 11.8 Å². The molecule has 0 unspecified atom stereocenters. The van der Waals surface area contributed by atoms with E-state index in [9.17, 15) is 14.7 Å². The van der Waals surface area contributed by atoms with Crippen LogP contribution in [0.15, 0.2) is 91.0 Å². The second-order valence-corrected chi connectivity index (χ2v) is 18.5. The van der Waals surface area contributed by atoms with E-state index < -0.39 is 13.7 Å². The van der Waals surface area contributed by atoms with Crippen LogP contribution >= 0.6 is 11.6 Å². The van der Waals surface area contributed by atoms with Gasteiger partial charge in [-0.25, -0.2) is 0 Å². The summed E-state index contributed by atoms with van der Waals surface area (Å²) in [4.78, 5) is 31.5. The van der Waals surface area contributed by atoms with Crippen molar-refractivity contribution >= 4 is 53.7 Å². The fourth-order valence-corrected chi connectivity index (χ4v) is 12.4. The molecule has 1 N–H and O–H groups in total. The smallest absolute Gasteiger partial charge is 0.269 e. The van der Waals surface area contributed by atoms with Crippen LogP contribution in [0.3, 0.4) is 0 Å². The number of anilines is 3. The Morgan fingerprint density at radius 2 is 1.75 bits per heavy atom. The number of carbonyl (C=O) groups is 2. The van der Waals surface area contributed by atoms with E-state index in [0.717, 1.165) is 22.6 Å². The number of para-hydroxylation sites is 2. The maximum atomic E-state index is 15.0. The molecule has 3 heterocycles. The summed E-state index contributed by atoms with van der Waals surface area (Å²) in [7, 11) is -0.649. The van der Waals surface area contributed by atoms with E-state index in [0.29, 0.717) is 28.6 Å². The molecule has 4 atom stereocenters. The number of hydrogen-bond donors (Lipinski definition) is 1. The molecule has 1 spiro atoms. The molecule has 7 rings (SSSR count). The van der Waals surface area contributed by atoms with Crippen LogP contribution in [0, 0.1) is 5.92 Å². The lowest BCUT2D eigenvalue weighted by atomic mass is 9.82. The number of ether oxygens (including phenoxy) is 3. The zero-order chi connectivity index (χ0) is 33.8. The molecular formula is C38H39ClN2O6Si. The third-order valence-corrected chi connectivity index (χ3v) is 15.0. The number of aliphatic hydroxyl groups is 1. The van der Waals surface area contributed by atoms with Gasteiger partial charge in [0.05, 0.1) is 39.2 Å². The molecule has 4 aromatic carbocycles. The van der Waals surface area contributed by atoms with Crippen LogP contribution in [0.2, 0.25) is 23.7 Å². The van der Waals surface area contributed by atoms with Gasteiger partial charge in [0.15, 0.2) is 12.2 Å². The van der Waals surface area contributed by atoms with Gasteiger partial charge < -0.3 is 24.2 Å². The van der Waals surface area contributed by atoms with Crippen LogP contribution in [-0.2, 0) is 26.5 Å². The Kier molecular flexibility index (Phi) is 8.36. The highest BCUT2D eigenvalue weighted by molar-refractivity contribution is 6.91. The van der Waals surface area contributed by atoms with E-state index in [4.69, 9.17) is 25.8 Å². The minimum Gasteiger partial charge on any atom is -0.497 e. The van der Waals surface area contributed by atoms with Crippen LogP contribution in [0.1, 0.15) is 24.5 Å². The predicted octanol–water partition coefficient (Wildman–Crippen LogP) is 6.55. The molecule has 0 aromatic heterocycles. The molecule has 248 valence electrons. The first-order valence-corrected chi connectivity index (χ1v) is 19.7. The number of fused-ring (bicyclic) bond motifs is 3. The molecule has 0 aliphatic carbocycles. The summed E-state index contributed by atoms with van der Waals surface area (Å²) in [6.07, 6.45) is 0.0871. The van der Waals surface area contributed by atoms with E-state index in [-0.39, 0.29) is 49.1 Å². The van der Waals surface area contributed by atoms with Gasteiger partial charge in [0.1, 0.15) is 11.5 Å². The molecule has 10 heteroatoms. The monoisotopic (exact) mass is 682 g/mol. The van der Waals surface area contributed by atoms with Crippen LogP contribution < -0.4 is 24.5 Å². The standard InChI is InChI=1S/C38H39ClN2O6Si/c1-24-36(48(3,4)29-15-13-28(45-2)14-16-29)34(18-19-42)47-38(24)30-21-26(39)12-17-31(30)40(37(38)44)22-25-8-7-9-27(20-25)41-32-10-5-6-11-33(32)46-23-35(41)43/h5-17,20-21,24,34,36,42H,18-19,22-23H2,1-4H3/t24-,34+,36-,38+/m1/s1. The summed E-state index contributed by atoms with van der Waals surface area (Å²) in [5.74, 6) is 0.918. The van der Waals surface area contributed by atoms with Gasteiger partial charge in [-0.05, 0) is 72.1 Å². The lowest BCUT2D eigenvalue weighted by Crippen LogP contribution is -2.51. The Bertz CT molecular complexity index is 1880. The minimum atomic E-state index is -2.30. The van der Waals surface area contributed by atoms with Gasteiger partial charge in [-0.15, -0.1) is 0 Å². The molecule has 3 aliphatic rings. The molecule has 48 heavy (non-hydrogen) atoms. The van der Waals surface area contributed by atoms with Gasteiger partial charge >= 0.3 is 0 Å².